The van der Waals surface area contributed by atoms with E-state index in [4.69, 9.17) is 17.5 Å². The summed E-state index contributed by atoms with van der Waals surface area (Å²) >= 11 is 0. The zero-order valence-electron chi connectivity index (χ0n) is 8.02. The molecule has 1 amide bonds. The molecule has 0 radical (unpaired) electrons. The summed E-state index contributed by atoms with van der Waals surface area (Å²) in [6, 6.07) is 0. The van der Waals surface area contributed by atoms with Gasteiger partial charge in [0, 0.05) is 6.42 Å². The molecule has 14 heavy (non-hydrogen) atoms. The van der Waals surface area contributed by atoms with E-state index in [-0.39, 0.29) is 0 Å². The van der Waals surface area contributed by atoms with Crippen LogP contribution in [0.4, 0.5) is 0 Å². The first kappa shape index (κ1) is 13.5. The van der Waals surface area contributed by atoms with Crippen molar-refractivity contribution in [2.45, 2.75) is 26.2 Å². The van der Waals surface area contributed by atoms with Crippen molar-refractivity contribution in [1.82, 2.24) is 0 Å². The van der Waals surface area contributed by atoms with E-state index >= 15 is 0 Å². The van der Waals surface area contributed by atoms with Gasteiger partial charge >= 0.3 is 5.91 Å². The molecule has 7 heteroatoms. The minimum absolute atomic E-state index is 0.428. The first-order valence-corrected chi connectivity index (χ1v) is 5.77. The lowest BCUT2D eigenvalue weighted by Gasteiger charge is -2.05. The number of hydrogen-bond acceptors (Lipinski definition) is 4. The fourth-order valence-corrected chi connectivity index (χ4v) is 1.34. The molecule has 0 aromatic carbocycles. The van der Waals surface area contributed by atoms with Crippen LogP contribution in [0.1, 0.15) is 26.2 Å². The Morgan fingerprint density at radius 1 is 1.57 bits per heavy atom. The van der Waals surface area contributed by atoms with E-state index < -0.39 is 10.4 Å². The number of carbonyl (C=O) groups excluding carboxylic acids is 1. The van der Waals surface area contributed by atoms with Crippen molar-refractivity contribution in [2.24, 2.45) is 0 Å². The SMILES string of the molecule is CCC[NH+]1CCCC1=O.O=S(=O)([O-])O. The van der Waals surface area contributed by atoms with Crippen LogP contribution >= 0.6 is 0 Å². The summed E-state index contributed by atoms with van der Waals surface area (Å²) in [5, 5.41) is 0. The molecule has 0 aliphatic carbocycles. The average molecular weight is 225 g/mol. The summed E-state index contributed by atoms with van der Waals surface area (Å²) in [5.41, 5.74) is 0. The van der Waals surface area contributed by atoms with Crippen molar-refractivity contribution in [3.8, 4) is 0 Å². The van der Waals surface area contributed by atoms with Crippen LogP contribution in [0.15, 0.2) is 0 Å². The molecular weight excluding hydrogens is 210 g/mol. The van der Waals surface area contributed by atoms with Crippen LogP contribution in [0.25, 0.3) is 0 Å². The van der Waals surface area contributed by atoms with E-state index in [1.807, 2.05) is 0 Å². The van der Waals surface area contributed by atoms with E-state index in [0.29, 0.717) is 5.91 Å². The molecule has 1 fully saturated rings. The third-order valence-electron chi connectivity index (χ3n) is 1.83. The maximum Gasteiger partial charge on any atom is 0.312 e. The Labute approximate surface area is 83.5 Å². The van der Waals surface area contributed by atoms with Crippen LogP contribution in [0.3, 0.4) is 0 Å². The minimum Gasteiger partial charge on any atom is -0.726 e. The lowest BCUT2D eigenvalue weighted by atomic mass is 10.4. The van der Waals surface area contributed by atoms with Crippen LogP contribution in [0.2, 0.25) is 0 Å². The van der Waals surface area contributed by atoms with Gasteiger partial charge in [0.1, 0.15) is 0 Å². The number of rotatable bonds is 2. The van der Waals surface area contributed by atoms with Crippen molar-refractivity contribution in [1.29, 1.82) is 0 Å². The van der Waals surface area contributed by atoms with Gasteiger partial charge in [-0.25, -0.2) is 13.2 Å². The van der Waals surface area contributed by atoms with Crippen molar-refractivity contribution in [2.75, 3.05) is 13.1 Å². The van der Waals surface area contributed by atoms with E-state index in [9.17, 15) is 4.79 Å². The summed E-state index contributed by atoms with van der Waals surface area (Å²) in [4.78, 5) is 12.1. The Balaban J connectivity index is 0.000000292. The van der Waals surface area contributed by atoms with Gasteiger partial charge in [-0.15, -0.1) is 0 Å². The third-order valence-corrected chi connectivity index (χ3v) is 1.83. The summed E-state index contributed by atoms with van der Waals surface area (Å²) in [5.74, 6) is 0.428. The molecule has 0 spiro atoms. The maximum atomic E-state index is 10.9. The first-order valence-electron chi connectivity index (χ1n) is 4.40. The molecule has 1 aliphatic rings. The quantitative estimate of drug-likeness (QED) is 0.445. The first-order chi connectivity index (χ1) is 6.34. The largest absolute Gasteiger partial charge is 0.726 e. The van der Waals surface area contributed by atoms with Gasteiger partial charge in [-0.05, 0) is 6.42 Å². The van der Waals surface area contributed by atoms with Gasteiger partial charge in [0.2, 0.25) is 10.4 Å². The molecule has 6 nitrogen and oxygen atoms in total. The van der Waals surface area contributed by atoms with Crippen LogP contribution in [0.5, 0.6) is 0 Å². The monoisotopic (exact) mass is 225 g/mol. The summed E-state index contributed by atoms with van der Waals surface area (Å²) in [6.45, 7) is 4.24. The van der Waals surface area contributed by atoms with Crippen molar-refractivity contribution in [3.05, 3.63) is 0 Å². The molecule has 1 atom stereocenters. The molecule has 1 aliphatic heterocycles. The van der Waals surface area contributed by atoms with E-state index in [2.05, 4.69) is 6.92 Å². The second-order valence-corrected chi connectivity index (χ2v) is 3.91. The van der Waals surface area contributed by atoms with E-state index in [1.165, 1.54) is 4.90 Å². The van der Waals surface area contributed by atoms with Gasteiger partial charge in [-0.1, -0.05) is 6.92 Å². The molecule has 1 unspecified atom stereocenters. The van der Waals surface area contributed by atoms with Gasteiger partial charge < -0.3 is 4.55 Å². The highest BCUT2D eigenvalue weighted by Crippen LogP contribution is 1.89. The van der Waals surface area contributed by atoms with Gasteiger partial charge in [0.15, 0.2) is 0 Å². The fourth-order valence-electron chi connectivity index (χ4n) is 1.34. The highest BCUT2D eigenvalue weighted by Gasteiger charge is 2.24. The van der Waals surface area contributed by atoms with Gasteiger partial charge in [0.05, 0.1) is 19.5 Å². The Bertz CT molecular complexity index is 266. The number of quaternary nitrogens is 1. The van der Waals surface area contributed by atoms with Crippen molar-refractivity contribution >= 4 is 16.3 Å². The Kier molecular flexibility index (Phi) is 5.86. The standard InChI is InChI=1S/C7H13NO.H2O4S/c1-2-5-8-6-3-4-7(8)9;1-5(2,3)4/h2-6H2,1H3;(H2,1,2,3,4). The maximum absolute atomic E-state index is 10.9. The predicted molar refractivity (Wildman–Crippen MR) is 47.6 cm³/mol. The molecule has 0 bridgehead atoms. The zero-order chi connectivity index (χ0) is 11.2. The molecule has 1 saturated heterocycles. The molecule has 0 saturated carbocycles. The second kappa shape index (κ2) is 6.07. The van der Waals surface area contributed by atoms with Crippen LogP contribution < -0.4 is 4.90 Å². The normalized spacial score (nSPS) is 21.6. The fraction of sp³-hybridized carbons (Fsp3) is 0.857. The summed E-state index contributed by atoms with van der Waals surface area (Å²) in [7, 11) is -4.92. The number of amides is 1. The van der Waals surface area contributed by atoms with Gasteiger partial charge in [-0.3, -0.25) is 9.45 Å². The molecule has 84 valence electrons. The second-order valence-electron chi connectivity index (χ2n) is 3.06. The molecule has 1 heterocycles. The summed E-state index contributed by atoms with van der Waals surface area (Å²) < 4.78 is 32.8. The Morgan fingerprint density at radius 3 is 2.36 bits per heavy atom. The molecule has 0 aromatic heterocycles. The van der Waals surface area contributed by atoms with Crippen molar-refractivity contribution in [3.63, 3.8) is 0 Å². The van der Waals surface area contributed by atoms with Crippen molar-refractivity contribution < 1.29 is 27.2 Å². The van der Waals surface area contributed by atoms with E-state index in [0.717, 1.165) is 32.4 Å². The smallest absolute Gasteiger partial charge is 0.312 e. The number of nitrogens with one attached hydrogen (secondary N) is 1. The number of hydrogen-bond donors (Lipinski definition) is 2. The molecular formula is C7H15NO5S. The highest BCUT2D eigenvalue weighted by molar-refractivity contribution is 7.79. The number of likely N-dealkylation sites (tertiary alicyclic amines) is 1. The third kappa shape index (κ3) is 8.11. The minimum atomic E-state index is -4.92. The number of carbonyl (C=O) groups is 1. The lowest BCUT2D eigenvalue weighted by Crippen LogP contribution is -3.12. The van der Waals surface area contributed by atoms with Gasteiger partial charge in [0.25, 0.3) is 0 Å². The molecule has 2 N–H and O–H groups in total. The van der Waals surface area contributed by atoms with E-state index in [1.54, 1.807) is 0 Å². The Morgan fingerprint density at radius 2 is 2.07 bits per heavy atom. The molecule has 0 aromatic rings. The highest BCUT2D eigenvalue weighted by atomic mass is 32.3. The van der Waals surface area contributed by atoms with Crippen LogP contribution in [-0.2, 0) is 15.2 Å². The molecule has 1 rings (SSSR count). The zero-order valence-corrected chi connectivity index (χ0v) is 8.84. The van der Waals surface area contributed by atoms with Crippen LogP contribution in [-0.4, -0.2) is 36.5 Å². The van der Waals surface area contributed by atoms with Crippen LogP contribution in [0, 0.1) is 0 Å². The van der Waals surface area contributed by atoms with Gasteiger partial charge in [-0.2, -0.15) is 0 Å². The summed E-state index contributed by atoms with van der Waals surface area (Å²) in [6.07, 6.45) is 3.05. The topological polar surface area (TPSA) is 98.9 Å². The average Bonchev–Trinajstić information content (AvgIpc) is 2.34. The predicted octanol–water partition coefficient (Wildman–Crippen LogP) is -1.39. The lowest BCUT2D eigenvalue weighted by molar-refractivity contribution is -0.811. The Hall–Kier alpha value is -0.500.